The number of likely N-dealkylation sites (tertiary alicyclic amines) is 1. The molecular formula is C8H16N2O2. The van der Waals surface area contributed by atoms with Crippen molar-refractivity contribution in [1.82, 2.24) is 4.90 Å². The van der Waals surface area contributed by atoms with E-state index in [1.807, 2.05) is 11.8 Å². The van der Waals surface area contributed by atoms with Crippen LogP contribution < -0.4 is 5.73 Å². The van der Waals surface area contributed by atoms with Crippen LogP contribution in [-0.4, -0.2) is 41.7 Å². The Balaban J connectivity index is 2.35. The molecule has 1 saturated heterocycles. The molecule has 0 aromatic carbocycles. The summed E-state index contributed by atoms with van der Waals surface area (Å²) in [4.78, 5) is 12.6. The number of hydrogen-bond donors (Lipinski definition) is 2. The number of nitrogens with two attached hydrogens (primary N) is 1. The summed E-state index contributed by atoms with van der Waals surface area (Å²) in [5, 5.41) is 9.39. The van der Waals surface area contributed by atoms with E-state index in [4.69, 9.17) is 5.73 Å². The molecule has 2 atom stereocenters. The molecule has 0 aromatic heterocycles. The highest BCUT2D eigenvalue weighted by atomic mass is 16.3. The maximum Gasteiger partial charge on any atom is 0.231 e. The van der Waals surface area contributed by atoms with Gasteiger partial charge in [-0.05, 0) is 12.3 Å². The van der Waals surface area contributed by atoms with Crippen molar-refractivity contribution in [2.75, 3.05) is 19.6 Å². The Morgan fingerprint density at radius 3 is 2.92 bits per heavy atom. The average molecular weight is 172 g/mol. The van der Waals surface area contributed by atoms with Crippen molar-refractivity contribution < 1.29 is 9.90 Å². The van der Waals surface area contributed by atoms with Gasteiger partial charge in [0.05, 0.1) is 12.6 Å². The number of carbonyl (C=O) groups is 1. The zero-order chi connectivity index (χ0) is 9.14. The molecule has 70 valence electrons. The predicted octanol–water partition coefficient (Wildman–Crippen LogP) is -0.826. The molecule has 4 nitrogen and oxygen atoms in total. The fourth-order valence-corrected chi connectivity index (χ4v) is 1.58. The molecule has 0 spiro atoms. The Kier molecular flexibility index (Phi) is 3.05. The van der Waals surface area contributed by atoms with E-state index in [2.05, 4.69) is 0 Å². The third-order valence-corrected chi connectivity index (χ3v) is 2.32. The van der Waals surface area contributed by atoms with Gasteiger partial charge in [-0.15, -0.1) is 0 Å². The van der Waals surface area contributed by atoms with E-state index in [0.29, 0.717) is 6.54 Å². The van der Waals surface area contributed by atoms with Crippen LogP contribution in [0.1, 0.15) is 13.3 Å². The minimum absolute atomic E-state index is 0.214. The van der Waals surface area contributed by atoms with Gasteiger partial charge in [0.1, 0.15) is 0 Å². The second-order valence-electron chi connectivity index (χ2n) is 3.53. The van der Waals surface area contributed by atoms with Gasteiger partial charge in [0.15, 0.2) is 0 Å². The van der Waals surface area contributed by atoms with Crippen LogP contribution in [0.4, 0.5) is 0 Å². The van der Waals surface area contributed by atoms with Crippen LogP contribution >= 0.6 is 0 Å². The summed E-state index contributed by atoms with van der Waals surface area (Å²) in [6.07, 6.45) is 0.531. The van der Waals surface area contributed by atoms with Crippen LogP contribution in [0.3, 0.4) is 0 Å². The van der Waals surface area contributed by atoms with Gasteiger partial charge < -0.3 is 10.8 Å². The SMILES string of the molecule is CC1CN(CC(N)=O)CCC1O. The highest BCUT2D eigenvalue weighted by Crippen LogP contribution is 2.15. The molecule has 0 aliphatic carbocycles. The molecule has 0 bridgehead atoms. The number of hydrogen-bond acceptors (Lipinski definition) is 3. The lowest BCUT2D eigenvalue weighted by Gasteiger charge is -2.33. The van der Waals surface area contributed by atoms with Gasteiger partial charge in [-0.1, -0.05) is 6.92 Å². The van der Waals surface area contributed by atoms with Crippen molar-refractivity contribution in [2.24, 2.45) is 11.7 Å². The number of nitrogens with zero attached hydrogens (tertiary/aromatic N) is 1. The van der Waals surface area contributed by atoms with Gasteiger partial charge in [-0.25, -0.2) is 0 Å². The third-order valence-electron chi connectivity index (χ3n) is 2.32. The Hall–Kier alpha value is -0.610. The van der Waals surface area contributed by atoms with Crippen LogP contribution in [0.15, 0.2) is 0 Å². The molecule has 0 aromatic rings. The summed E-state index contributed by atoms with van der Waals surface area (Å²) in [6, 6.07) is 0. The number of rotatable bonds is 2. The molecule has 1 fully saturated rings. The molecule has 1 amide bonds. The summed E-state index contributed by atoms with van der Waals surface area (Å²) in [6.45, 7) is 3.84. The number of piperidine rings is 1. The normalized spacial score (nSPS) is 31.8. The smallest absolute Gasteiger partial charge is 0.231 e. The Labute approximate surface area is 72.3 Å². The lowest BCUT2D eigenvalue weighted by molar-refractivity contribution is -0.120. The maximum atomic E-state index is 10.6. The van der Waals surface area contributed by atoms with Crippen molar-refractivity contribution >= 4 is 5.91 Å². The monoisotopic (exact) mass is 172 g/mol. The first-order chi connectivity index (χ1) is 5.59. The molecule has 3 N–H and O–H groups in total. The van der Waals surface area contributed by atoms with Crippen molar-refractivity contribution in [1.29, 1.82) is 0 Å². The Morgan fingerprint density at radius 2 is 2.42 bits per heavy atom. The average Bonchev–Trinajstić information content (AvgIpc) is 1.96. The molecule has 4 heteroatoms. The number of primary amides is 1. The number of carbonyl (C=O) groups excluding carboxylic acids is 1. The zero-order valence-electron chi connectivity index (χ0n) is 7.36. The minimum atomic E-state index is -0.293. The molecule has 1 aliphatic rings. The van der Waals surface area contributed by atoms with E-state index < -0.39 is 0 Å². The summed E-state index contributed by atoms with van der Waals surface area (Å²) in [5.41, 5.74) is 5.06. The van der Waals surface area contributed by atoms with Gasteiger partial charge in [0.2, 0.25) is 5.91 Å². The predicted molar refractivity (Wildman–Crippen MR) is 45.4 cm³/mol. The summed E-state index contributed by atoms with van der Waals surface area (Å²) in [5.74, 6) is -0.0447. The first-order valence-corrected chi connectivity index (χ1v) is 4.28. The second kappa shape index (κ2) is 3.87. The fraction of sp³-hybridized carbons (Fsp3) is 0.875. The van der Waals surface area contributed by atoms with Crippen LogP contribution in [-0.2, 0) is 4.79 Å². The zero-order valence-corrected chi connectivity index (χ0v) is 7.36. The van der Waals surface area contributed by atoms with Crippen molar-refractivity contribution in [3.05, 3.63) is 0 Å². The molecule has 1 heterocycles. The highest BCUT2D eigenvalue weighted by molar-refractivity contribution is 5.75. The van der Waals surface area contributed by atoms with E-state index in [1.54, 1.807) is 0 Å². The van der Waals surface area contributed by atoms with E-state index in [9.17, 15) is 9.90 Å². The van der Waals surface area contributed by atoms with Crippen molar-refractivity contribution in [3.63, 3.8) is 0 Å². The number of aliphatic hydroxyl groups excluding tert-OH is 1. The molecule has 0 radical (unpaired) electrons. The summed E-state index contributed by atoms with van der Waals surface area (Å²) < 4.78 is 0. The molecular weight excluding hydrogens is 156 g/mol. The molecule has 12 heavy (non-hydrogen) atoms. The standard InChI is InChI=1S/C8H16N2O2/c1-6-4-10(5-8(9)12)3-2-7(6)11/h6-7,11H,2-5H2,1H3,(H2,9,12). The minimum Gasteiger partial charge on any atom is -0.393 e. The quantitative estimate of drug-likeness (QED) is 0.571. The number of aliphatic hydroxyl groups is 1. The first kappa shape index (κ1) is 9.48. The molecule has 2 unspecified atom stereocenters. The lowest BCUT2D eigenvalue weighted by atomic mass is 9.97. The van der Waals surface area contributed by atoms with Gasteiger partial charge >= 0.3 is 0 Å². The molecule has 0 saturated carbocycles. The Bertz CT molecular complexity index is 172. The topological polar surface area (TPSA) is 66.6 Å². The van der Waals surface area contributed by atoms with E-state index in [-0.39, 0.29) is 17.9 Å². The fourth-order valence-electron chi connectivity index (χ4n) is 1.58. The van der Waals surface area contributed by atoms with E-state index in [0.717, 1.165) is 19.5 Å². The van der Waals surface area contributed by atoms with Crippen LogP contribution in [0.25, 0.3) is 0 Å². The third kappa shape index (κ3) is 2.46. The largest absolute Gasteiger partial charge is 0.393 e. The van der Waals surface area contributed by atoms with Crippen molar-refractivity contribution in [2.45, 2.75) is 19.4 Å². The van der Waals surface area contributed by atoms with Crippen LogP contribution in [0, 0.1) is 5.92 Å². The van der Waals surface area contributed by atoms with Gasteiger partial charge in [-0.2, -0.15) is 0 Å². The lowest BCUT2D eigenvalue weighted by Crippen LogP contribution is -2.45. The van der Waals surface area contributed by atoms with Crippen LogP contribution in [0.5, 0.6) is 0 Å². The summed E-state index contributed by atoms with van der Waals surface area (Å²) in [7, 11) is 0. The van der Waals surface area contributed by atoms with Crippen molar-refractivity contribution in [3.8, 4) is 0 Å². The summed E-state index contributed by atoms with van der Waals surface area (Å²) >= 11 is 0. The number of amides is 1. The second-order valence-corrected chi connectivity index (χ2v) is 3.53. The Morgan fingerprint density at radius 1 is 1.75 bits per heavy atom. The first-order valence-electron chi connectivity index (χ1n) is 4.28. The van der Waals surface area contributed by atoms with Gasteiger partial charge in [-0.3, -0.25) is 9.69 Å². The van der Waals surface area contributed by atoms with E-state index >= 15 is 0 Å². The van der Waals surface area contributed by atoms with Gasteiger partial charge in [0.25, 0.3) is 0 Å². The maximum absolute atomic E-state index is 10.6. The molecule has 1 aliphatic heterocycles. The molecule has 1 rings (SSSR count). The van der Waals surface area contributed by atoms with Crippen LogP contribution in [0.2, 0.25) is 0 Å². The highest BCUT2D eigenvalue weighted by Gasteiger charge is 2.24. The van der Waals surface area contributed by atoms with Gasteiger partial charge in [0, 0.05) is 13.1 Å². The van der Waals surface area contributed by atoms with E-state index in [1.165, 1.54) is 0 Å².